The van der Waals surface area contributed by atoms with Gasteiger partial charge in [-0.25, -0.2) is 0 Å². The lowest BCUT2D eigenvalue weighted by Gasteiger charge is -2.08. The van der Waals surface area contributed by atoms with Gasteiger partial charge in [-0.15, -0.1) is 0 Å². The summed E-state index contributed by atoms with van der Waals surface area (Å²) in [5, 5.41) is 6.08. The summed E-state index contributed by atoms with van der Waals surface area (Å²) in [5.74, 6) is 0. The number of nitrogens with zero attached hydrogens (tertiary/aromatic N) is 1. The van der Waals surface area contributed by atoms with Crippen LogP contribution < -0.4 is 5.32 Å². The summed E-state index contributed by atoms with van der Waals surface area (Å²) in [7, 11) is 0. The van der Waals surface area contributed by atoms with Crippen molar-refractivity contribution in [2.75, 3.05) is 6.54 Å². The Morgan fingerprint density at radius 3 is 2.95 bits per heavy atom. The molecule has 1 saturated carbocycles. The zero-order valence-corrected chi connectivity index (χ0v) is 11.4. The molecule has 0 saturated heterocycles. The standard InChI is InChI=1S/C17H20N2/c1-2-13(10-19-16-7-8-16)9-15-12-18-11-14-5-3-4-6-17(14)15/h3-6,9,11-12,16,19H,2,7-8,10H2,1H3/b13-9-. The number of benzene rings is 1. The summed E-state index contributed by atoms with van der Waals surface area (Å²) < 4.78 is 0. The van der Waals surface area contributed by atoms with Crippen LogP contribution in [-0.2, 0) is 0 Å². The van der Waals surface area contributed by atoms with E-state index in [4.69, 9.17) is 0 Å². The van der Waals surface area contributed by atoms with Crippen molar-refractivity contribution in [3.05, 3.63) is 47.8 Å². The second-order valence-electron chi connectivity index (χ2n) is 5.26. The molecule has 0 unspecified atom stereocenters. The molecule has 1 aromatic carbocycles. The summed E-state index contributed by atoms with van der Waals surface area (Å²) in [6.07, 6.45) is 9.96. The lowest BCUT2D eigenvalue weighted by atomic mass is 10.0. The van der Waals surface area contributed by atoms with E-state index in [2.05, 4.69) is 47.6 Å². The Hall–Kier alpha value is -1.67. The first kappa shape index (κ1) is 12.4. The Kier molecular flexibility index (Phi) is 3.60. The van der Waals surface area contributed by atoms with Gasteiger partial charge in [-0.1, -0.05) is 42.8 Å². The molecule has 0 radical (unpaired) electrons. The van der Waals surface area contributed by atoms with Crippen molar-refractivity contribution in [3.8, 4) is 0 Å². The highest BCUT2D eigenvalue weighted by molar-refractivity contribution is 5.89. The van der Waals surface area contributed by atoms with E-state index in [1.165, 1.54) is 34.8 Å². The lowest BCUT2D eigenvalue weighted by Crippen LogP contribution is -2.18. The molecule has 2 heteroatoms. The van der Waals surface area contributed by atoms with Crippen LogP contribution in [-0.4, -0.2) is 17.6 Å². The van der Waals surface area contributed by atoms with Gasteiger partial charge < -0.3 is 5.32 Å². The van der Waals surface area contributed by atoms with Crippen LogP contribution in [0.1, 0.15) is 31.7 Å². The number of rotatable bonds is 5. The Morgan fingerprint density at radius 2 is 2.16 bits per heavy atom. The van der Waals surface area contributed by atoms with Crippen molar-refractivity contribution in [3.63, 3.8) is 0 Å². The molecule has 2 nitrogen and oxygen atoms in total. The summed E-state index contributed by atoms with van der Waals surface area (Å²) in [5.41, 5.74) is 2.68. The minimum Gasteiger partial charge on any atom is -0.310 e. The van der Waals surface area contributed by atoms with E-state index in [-0.39, 0.29) is 0 Å². The number of nitrogens with one attached hydrogen (secondary N) is 1. The molecule has 3 rings (SSSR count). The highest BCUT2D eigenvalue weighted by atomic mass is 14.9. The van der Waals surface area contributed by atoms with Gasteiger partial charge >= 0.3 is 0 Å². The van der Waals surface area contributed by atoms with E-state index in [1.54, 1.807) is 0 Å². The first-order valence-electron chi connectivity index (χ1n) is 7.12. The zero-order valence-electron chi connectivity index (χ0n) is 11.4. The molecule has 98 valence electrons. The highest BCUT2D eigenvalue weighted by Crippen LogP contribution is 2.22. The summed E-state index contributed by atoms with van der Waals surface area (Å²) >= 11 is 0. The second kappa shape index (κ2) is 5.54. The van der Waals surface area contributed by atoms with Gasteiger partial charge in [0, 0.05) is 35.9 Å². The topological polar surface area (TPSA) is 24.9 Å². The Labute approximate surface area is 114 Å². The van der Waals surface area contributed by atoms with Crippen LogP contribution >= 0.6 is 0 Å². The van der Waals surface area contributed by atoms with Crippen LogP contribution in [0.4, 0.5) is 0 Å². The van der Waals surface area contributed by atoms with Crippen molar-refractivity contribution in [2.45, 2.75) is 32.2 Å². The van der Waals surface area contributed by atoms with Gasteiger partial charge in [0.1, 0.15) is 0 Å². The molecule has 0 spiro atoms. The van der Waals surface area contributed by atoms with Gasteiger partial charge in [0.25, 0.3) is 0 Å². The van der Waals surface area contributed by atoms with Crippen LogP contribution in [0.25, 0.3) is 16.8 Å². The molecule has 1 heterocycles. The average molecular weight is 252 g/mol. The van der Waals surface area contributed by atoms with Crippen molar-refractivity contribution >= 4 is 16.8 Å². The van der Waals surface area contributed by atoms with E-state index in [0.29, 0.717) is 0 Å². The van der Waals surface area contributed by atoms with Crippen molar-refractivity contribution < 1.29 is 0 Å². The van der Waals surface area contributed by atoms with Crippen LogP contribution in [0.5, 0.6) is 0 Å². The summed E-state index contributed by atoms with van der Waals surface area (Å²) in [6, 6.07) is 9.21. The lowest BCUT2D eigenvalue weighted by molar-refractivity contribution is 0.723. The summed E-state index contributed by atoms with van der Waals surface area (Å²) in [4.78, 5) is 4.34. The van der Waals surface area contributed by atoms with Gasteiger partial charge in [-0.05, 0) is 24.6 Å². The van der Waals surface area contributed by atoms with E-state index in [0.717, 1.165) is 19.0 Å². The normalized spacial score (nSPS) is 15.9. The molecular formula is C17H20N2. The second-order valence-corrected chi connectivity index (χ2v) is 5.26. The van der Waals surface area contributed by atoms with Gasteiger partial charge in [0.05, 0.1) is 0 Å². The van der Waals surface area contributed by atoms with E-state index < -0.39 is 0 Å². The minimum atomic E-state index is 0.764. The van der Waals surface area contributed by atoms with Crippen LogP contribution in [0, 0.1) is 0 Å². The summed E-state index contributed by atoms with van der Waals surface area (Å²) in [6.45, 7) is 3.23. The Bertz CT molecular complexity index is 592. The largest absolute Gasteiger partial charge is 0.310 e. The molecule has 0 atom stereocenters. The van der Waals surface area contributed by atoms with Gasteiger partial charge in [-0.2, -0.15) is 0 Å². The third-order valence-corrected chi connectivity index (χ3v) is 3.71. The van der Waals surface area contributed by atoms with Crippen molar-refractivity contribution in [1.82, 2.24) is 10.3 Å². The first-order chi connectivity index (χ1) is 9.36. The number of pyridine rings is 1. The van der Waals surface area contributed by atoms with E-state index in [9.17, 15) is 0 Å². The van der Waals surface area contributed by atoms with E-state index >= 15 is 0 Å². The van der Waals surface area contributed by atoms with Gasteiger partial charge in [0.2, 0.25) is 0 Å². The number of aromatic nitrogens is 1. The molecular weight excluding hydrogens is 232 g/mol. The van der Waals surface area contributed by atoms with Crippen LogP contribution in [0.3, 0.4) is 0 Å². The SMILES string of the molecule is CC/C(=C/c1cncc2ccccc12)CNC1CC1. The fraction of sp³-hybridized carbons (Fsp3) is 0.353. The maximum Gasteiger partial charge on any atom is 0.0346 e. The van der Waals surface area contributed by atoms with E-state index in [1.807, 2.05) is 12.4 Å². The molecule has 1 aromatic heterocycles. The van der Waals surface area contributed by atoms with Crippen molar-refractivity contribution in [2.24, 2.45) is 0 Å². The molecule has 0 bridgehead atoms. The average Bonchev–Trinajstić information content (AvgIpc) is 3.28. The third-order valence-electron chi connectivity index (χ3n) is 3.71. The minimum absolute atomic E-state index is 0.764. The number of hydrogen-bond donors (Lipinski definition) is 1. The molecule has 19 heavy (non-hydrogen) atoms. The monoisotopic (exact) mass is 252 g/mol. The van der Waals surface area contributed by atoms with Crippen molar-refractivity contribution in [1.29, 1.82) is 0 Å². The zero-order chi connectivity index (χ0) is 13.1. The fourth-order valence-electron chi connectivity index (χ4n) is 2.32. The maximum atomic E-state index is 4.34. The van der Waals surface area contributed by atoms with Crippen LogP contribution in [0.2, 0.25) is 0 Å². The molecule has 1 fully saturated rings. The predicted octanol–water partition coefficient (Wildman–Crippen LogP) is 3.78. The molecule has 1 aliphatic rings. The molecule has 0 amide bonds. The molecule has 1 aliphatic carbocycles. The Morgan fingerprint density at radius 1 is 1.32 bits per heavy atom. The number of fused-ring (bicyclic) bond motifs is 1. The number of hydrogen-bond acceptors (Lipinski definition) is 2. The predicted molar refractivity (Wildman–Crippen MR) is 81.0 cm³/mol. The Balaban J connectivity index is 1.88. The van der Waals surface area contributed by atoms with Gasteiger partial charge in [0.15, 0.2) is 0 Å². The molecule has 1 N–H and O–H groups in total. The quantitative estimate of drug-likeness (QED) is 0.876. The molecule has 0 aliphatic heterocycles. The smallest absolute Gasteiger partial charge is 0.0346 e. The fourth-order valence-corrected chi connectivity index (χ4v) is 2.32. The van der Waals surface area contributed by atoms with Crippen LogP contribution in [0.15, 0.2) is 42.2 Å². The van der Waals surface area contributed by atoms with Gasteiger partial charge in [-0.3, -0.25) is 4.98 Å². The highest BCUT2D eigenvalue weighted by Gasteiger charge is 2.20. The maximum absolute atomic E-state index is 4.34. The molecule has 2 aromatic rings. The third kappa shape index (κ3) is 3.02. The first-order valence-corrected chi connectivity index (χ1v) is 7.12.